The molecule has 34 heavy (non-hydrogen) atoms. The highest BCUT2D eigenvalue weighted by Gasteiger charge is 2.25. The molecule has 0 saturated carbocycles. The van der Waals surface area contributed by atoms with Crippen LogP contribution < -0.4 is 10.9 Å². The zero-order valence-electron chi connectivity index (χ0n) is 18.5. The third-order valence-electron chi connectivity index (χ3n) is 5.57. The fraction of sp³-hybridized carbons (Fsp3) is 0.120. The number of benzene rings is 2. The number of para-hydroxylation sites is 1. The lowest BCUT2D eigenvalue weighted by Gasteiger charge is -2.15. The Kier molecular flexibility index (Phi) is 5.29. The van der Waals surface area contributed by atoms with Crippen LogP contribution in [0.15, 0.2) is 83.9 Å². The molecule has 3 heterocycles. The van der Waals surface area contributed by atoms with Crippen molar-refractivity contribution in [3.05, 3.63) is 101 Å². The van der Waals surface area contributed by atoms with Gasteiger partial charge in [0, 0.05) is 18.1 Å². The van der Waals surface area contributed by atoms with E-state index >= 15 is 0 Å². The predicted octanol–water partition coefficient (Wildman–Crippen LogP) is 4.02. The van der Waals surface area contributed by atoms with E-state index in [9.17, 15) is 14.0 Å². The first kappa shape index (κ1) is 21.3. The Balaban J connectivity index is 1.67. The zero-order chi connectivity index (χ0) is 23.8. The highest BCUT2D eigenvalue weighted by Crippen LogP contribution is 2.25. The van der Waals surface area contributed by atoms with Gasteiger partial charge in [0.05, 0.1) is 11.4 Å². The molecule has 0 unspecified atom stereocenters. The van der Waals surface area contributed by atoms with Gasteiger partial charge in [-0.15, -0.1) is 0 Å². The number of amides is 1. The molecule has 1 amide bonds. The van der Waals surface area contributed by atoms with E-state index in [0.717, 1.165) is 10.4 Å². The largest absolute Gasteiger partial charge is 0.324 e. The molecular weight excluding hydrogens is 435 g/mol. The number of nitrogens with one attached hydrogen (secondary N) is 1. The van der Waals surface area contributed by atoms with Crippen molar-refractivity contribution >= 4 is 22.5 Å². The van der Waals surface area contributed by atoms with Crippen molar-refractivity contribution in [3.8, 4) is 11.5 Å². The van der Waals surface area contributed by atoms with Gasteiger partial charge in [-0.3, -0.25) is 9.59 Å². The number of carbonyl (C=O) groups excluding carboxylic acids is 1. The molecule has 0 bridgehead atoms. The molecule has 1 atom stereocenters. The van der Waals surface area contributed by atoms with Gasteiger partial charge in [-0.1, -0.05) is 24.3 Å². The number of carbonyl (C=O) groups is 1. The van der Waals surface area contributed by atoms with Gasteiger partial charge < -0.3 is 9.88 Å². The van der Waals surface area contributed by atoms with Gasteiger partial charge in [0.15, 0.2) is 5.82 Å². The molecule has 0 aliphatic rings. The second-order valence-electron chi connectivity index (χ2n) is 7.90. The minimum atomic E-state index is -0.948. The first-order valence-corrected chi connectivity index (χ1v) is 10.7. The first-order valence-electron chi connectivity index (χ1n) is 10.7. The highest BCUT2D eigenvalue weighted by molar-refractivity contribution is 5.94. The molecule has 3 aromatic heterocycles. The van der Waals surface area contributed by atoms with Crippen LogP contribution in [0.25, 0.3) is 22.4 Å². The molecule has 170 valence electrons. The van der Waals surface area contributed by atoms with E-state index in [4.69, 9.17) is 5.10 Å². The zero-order valence-corrected chi connectivity index (χ0v) is 18.5. The summed E-state index contributed by atoms with van der Waals surface area (Å²) in [5.41, 5.74) is 1.58. The third-order valence-corrected chi connectivity index (χ3v) is 5.57. The number of nitrogens with zero attached hydrogens (tertiary/aromatic N) is 5. The van der Waals surface area contributed by atoms with Crippen LogP contribution in [0.2, 0.25) is 0 Å². The Labute approximate surface area is 193 Å². The monoisotopic (exact) mass is 456 g/mol. The van der Waals surface area contributed by atoms with Crippen LogP contribution in [-0.2, 0) is 4.79 Å². The van der Waals surface area contributed by atoms with E-state index in [1.54, 1.807) is 24.6 Å². The average Bonchev–Trinajstić information content (AvgIpc) is 3.50. The summed E-state index contributed by atoms with van der Waals surface area (Å²) in [6, 6.07) is 17.8. The standard InChI is InChI=1S/C25H21FN6O2/c1-16-22-21(24(30-13-6-7-14-30)32(29-22)20-11-4-3-5-12-20)25(34)31(28-16)17(2)23(33)27-19-10-8-9-18(26)15-19/h3-15,17H,1-2H3,(H,27,33)/t17-/m0/s1. The van der Waals surface area contributed by atoms with Crippen LogP contribution in [0.3, 0.4) is 0 Å². The Morgan fingerprint density at radius 2 is 1.74 bits per heavy atom. The number of fused-ring (bicyclic) bond motifs is 1. The molecule has 9 heteroatoms. The molecule has 8 nitrogen and oxygen atoms in total. The molecule has 5 rings (SSSR count). The van der Waals surface area contributed by atoms with E-state index in [1.165, 1.54) is 18.2 Å². The van der Waals surface area contributed by atoms with E-state index in [2.05, 4.69) is 10.4 Å². The maximum Gasteiger partial charge on any atom is 0.280 e. The van der Waals surface area contributed by atoms with Crippen molar-refractivity contribution in [2.45, 2.75) is 19.9 Å². The van der Waals surface area contributed by atoms with Crippen molar-refractivity contribution in [1.82, 2.24) is 24.1 Å². The van der Waals surface area contributed by atoms with Crippen molar-refractivity contribution in [2.75, 3.05) is 5.32 Å². The quantitative estimate of drug-likeness (QED) is 0.433. The summed E-state index contributed by atoms with van der Waals surface area (Å²) >= 11 is 0. The summed E-state index contributed by atoms with van der Waals surface area (Å²) in [6.07, 6.45) is 3.66. The summed E-state index contributed by atoms with van der Waals surface area (Å²) in [6.45, 7) is 3.32. The summed E-state index contributed by atoms with van der Waals surface area (Å²) in [5, 5.41) is 12.1. The molecule has 0 saturated heterocycles. The molecule has 2 aromatic carbocycles. The normalized spacial score (nSPS) is 12.1. The molecule has 5 aromatic rings. The smallest absolute Gasteiger partial charge is 0.280 e. The Bertz CT molecular complexity index is 1550. The summed E-state index contributed by atoms with van der Waals surface area (Å²) in [7, 11) is 0. The van der Waals surface area contributed by atoms with Crippen molar-refractivity contribution < 1.29 is 9.18 Å². The lowest BCUT2D eigenvalue weighted by molar-refractivity contribution is -0.119. The van der Waals surface area contributed by atoms with E-state index in [0.29, 0.717) is 28.1 Å². The van der Waals surface area contributed by atoms with E-state index in [1.807, 2.05) is 59.4 Å². The minimum absolute atomic E-state index is 0.299. The number of anilines is 1. The molecule has 1 N–H and O–H groups in total. The van der Waals surface area contributed by atoms with Gasteiger partial charge in [-0.25, -0.2) is 13.8 Å². The maximum atomic E-state index is 13.7. The fourth-order valence-electron chi connectivity index (χ4n) is 3.88. The minimum Gasteiger partial charge on any atom is -0.324 e. The average molecular weight is 456 g/mol. The summed E-state index contributed by atoms with van der Waals surface area (Å²) < 4.78 is 18.2. The SMILES string of the molecule is Cc1nn([C@@H](C)C(=O)Nc2cccc(F)c2)c(=O)c2c(-n3cccc3)n(-c3ccccc3)nc12. The van der Waals surface area contributed by atoms with Gasteiger partial charge in [0.25, 0.3) is 5.56 Å². The lowest BCUT2D eigenvalue weighted by Crippen LogP contribution is -2.34. The van der Waals surface area contributed by atoms with Gasteiger partial charge in [-0.05, 0) is 56.3 Å². The van der Waals surface area contributed by atoms with Crippen LogP contribution in [0.4, 0.5) is 10.1 Å². The van der Waals surface area contributed by atoms with Crippen LogP contribution in [0.1, 0.15) is 18.7 Å². The molecule has 0 fully saturated rings. The van der Waals surface area contributed by atoms with Crippen LogP contribution >= 0.6 is 0 Å². The summed E-state index contributed by atoms with van der Waals surface area (Å²) in [5.74, 6) is -0.409. The van der Waals surface area contributed by atoms with Crippen LogP contribution in [0, 0.1) is 12.7 Å². The molecular formula is C25H21FN6O2. The van der Waals surface area contributed by atoms with Crippen molar-refractivity contribution in [2.24, 2.45) is 0 Å². The molecule has 0 aliphatic heterocycles. The lowest BCUT2D eigenvalue weighted by atomic mass is 10.2. The van der Waals surface area contributed by atoms with Gasteiger partial charge >= 0.3 is 0 Å². The van der Waals surface area contributed by atoms with Gasteiger partial charge in [0.1, 0.15) is 22.8 Å². The van der Waals surface area contributed by atoms with Gasteiger partial charge in [0.2, 0.25) is 5.91 Å². The first-order chi connectivity index (χ1) is 16.4. The molecule has 0 radical (unpaired) electrons. The van der Waals surface area contributed by atoms with Crippen molar-refractivity contribution in [1.29, 1.82) is 0 Å². The topological polar surface area (TPSA) is 86.7 Å². The van der Waals surface area contributed by atoms with Crippen molar-refractivity contribution in [3.63, 3.8) is 0 Å². The fourth-order valence-corrected chi connectivity index (χ4v) is 3.88. The highest BCUT2D eigenvalue weighted by atomic mass is 19.1. The maximum absolute atomic E-state index is 13.7. The van der Waals surface area contributed by atoms with E-state index < -0.39 is 23.3 Å². The molecule has 0 spiro atoms. The second-order valence-corrected chi connectivity index (χ2v) is 7.90. The molecule has 0 aliphatic carbocycles. The number of aromatic nitrogens is 5. The number of hydrogen-bond acceptors (Lipinski definition) is 4. The van der Waals surface area contributed by atoms with Crippen LogP contribution in [0.5, 0.6) is 0 Å². The predicted molar refractivity (Wildman–Crippen MR) is 127 cm³/mol. The number of rotatable bonds is 5. The summed E-state index contributed by atoms with van der Waals surface area (Å²) in [4.78, 5) is 26.6. The Morgan fingerprint density at radius 1 is 1.00 bits per heavy atom. The number of aryl methyl sites for hydroxylation is 1. The second kappa shape index (κ2) is 8.43. The Morgan fingerprint density at radius 3 is 2.44 bits per heavy atom. The number of hydrogen-bond donors (Lipinski definition) is 1. The van der Waals surface area contributed by atoms with E-state index in [-0.39, 0.29) is 0 Å². The van der Waals surface area contributed by atoms with Crippen LogP contribution in [-0.4, -0.2) is 30.0 Å². The Hall–Kier alpha value is -4.53. The van der Waals surface area contributed by atoms with Gasteiger partial charge in [-0.2, -0.15) is 10.2 Å². The third kappa shape index (κ3) is 3.66. The number of halogens is 1.